The second kappa shape index (κ2) is 7.04. The Morgan fingerprint density at radius 3 is 1.95 bits per heavy atom. The maximum Gasteiger partial charge on any atom is 0.230 e. The molecule has 2 atom stereocenters. The Labute approximate surface area is 125 Å². The molecule has 0 heterocycles. The molecular formula is C18H21NO2. The number of carbonyl (C=O) groups excluding carboxylic acids is 1. The van der Waals surface area contributed by atoms with Crippen molar-refractivity contribution in [3.8, 4) is 0 Å². The molecule has 0 aliphatic carbocycles. The third-order valence-electron chi connectivity index (χ3n) is 3.84. The van der Waals surface area contributed by atoms with E-state index in [1.165, 1.54) is 0 Å². The summed E-state index contributed by atoms with van der Waals surface area (Å²) in [6, 6.07) is 19.0. The Morgan fingerprint density at radius 1 is 1.00 bits per heavy atom. The van der Waals surface area contributed by atoms with Crippen molar-refractivity contribution in [1.82, 2.24) is 4.90 Å². The average molecular weight is 283 g/mol. The van der Waals surface area contributed by atoms with Crippen LogP contribution in [-0.2, 0) is 4.79 Å². The number of likely N-dealkylation sites (N-methyl/N-ethyl adjacent to an activating group) is 1. The van der Waals surface area contributed by atoms with Crippen molar-refractivity contribution in [2.75, 3.05) is 13.7 Å². The molecule has 0 aliphatic heterocycles. The van der Waals surface area contributed by atoms with Crippen LogP contribution in [0, 0.1) is 0 Å². The van der Waals surface area contributed by atoms with Gasteiger partial charge < -0.3 is 10.0 Å². The van der Waals surface area contributed by atoms with Crippen LogP contribution in [0.5, 0.6) is 0 Å². The maximum absolute atomic E-state index is 12.6. The molecule has 2 rings (SSSR count). The van der Waals surface area contributed by atoms with Crippen molar-refractivity contribution in [3.05, 3.63) is 71.8 Å². The van der Waals surface area contributed by atoms with E-state index in [1.807, 2.05) is 67.6 Å². The summed E-state index contributed by atoms with van der Waals surface area (Å²) in [6.45, 7) is 1.81. The van der Waals surface area contributed by atoms with Gasteiger partial charge in [-0.3, -0.25) is 4.79 Å². The molecule has 0 fully saturated rings. The Kier molecular flexibility index (Phi) is 5.12. The van der Waals surface area contributed by atoms with E-state index in [0.717, 1.165) is 11.1 Å². The molecule has 2 aromatic rings. The van der Waals surface area contributed by atoms with E-state index in [1.54, 1.807) is 11.9 Å². The zero-order valence-corrected chi connectivity index (χ0v) is 12.4. The smallest absolute Gasteiger partial charge is 0.230 e. The predicted molar refractivity (Wildman–Crippen MR) is 83.9 cm³/mol. The van der Waals surface area contributed by atoms with E-state index < -0.39 is 0 Å². The van der Waals surface area contributed by atoms with Crippen molar-refractivity contribution in [2.24, 2.45) is 0 Å². The van der Waals surface area contributed by atoms with Crippen molar-refractivity contribution >= 4 is 5.91 Å². The number of amides is 1. The van der Waals surface area contributed by atoms with E-state index in [4.69, 9.17) is 0 Å². The van der Waals surface area contributed by atoms with Gasteiger partial charge in [0.1, 0.15) is 0 Å². The quantitative estimate of drug-likeness (QED) is 0.916. The summed E-state index contributed by atoms with van der Waals surface area (Å²) < 4.78 is 0. The highest BCUT2D eigenvalue weighted by Crippen LogP contribution is 2.24. The van der Waals surface area contributed by atoms with Crippen LogP contribution in [0.25, 0.3) is 0 Å². The van der Waals surface area contributed by atoms with Gasteiger partial charge in [0.2, 0.25) is 5.91 Å². The monoisotopic (exact) mass is 283 g/mol. The zero-order valence-electron chi connectivity index (χ0n) is 12.4. The van der Waals surface area contributed by atoms with Gasteiger partial charge in [-0.1, -0.05) is 60.7 Å². The summed E-state index contributed by atoms with van der Waals surface area (Å²) >= 11 is 0. The summed E-state index contributed by atoms with van der Waals surface area (Å²) in [5.41, 5.74) is 1.93. The van der Waals surface area contributed by atoms with E-state index >= 15 is 0 Å². The second-order valence-corrected chi connectivity index (χ2v) is 5.19. The summed E-state index contributed by atoms with van der Waals surface area (Å²) in [5, 5.41) is 9.66. The van der Waals surface area contributed by atoms with Gasteiger partial charge in [0.15, 0.2) is 0 Å². The van der Waals surface area contributed by atoms with E-state index in [-0.39, 0.29) is 24.5 Å². The topological polar surface area (TPSA) is 40.5 Å². The lowest BCUT2D eigenvalue weighted by Gasteiger charge is -2.29. The van der Waals surface area contributed by atoms with Gasteiger partial charge in [0, 0.05) is 7.05 Å². The minimum Gasteiger partial charge on any atom is -0.394 e. The standard InChI is InChI=1S/C18H21NO2/c1-14(15-9-5-3-6-10-15)18(21)19(2)17(13-20)16-11-7-4-8-12-16/h3-12,14,17,20H,13H2,1-2H3/t14-,17+/m1/s1. The first-order valence-electron chi connectivity index (χ1n) is 7.12. The zero-order chi connectivity index (χ0) is 15.2. The van der Waals surface area contributed by atoms with Gasteiger partial charge in [0.25, 0.3) is 0 Å². The van der Waals surface area contributed by atoms with Crippen LogP contribution in [0.1, 0.15) is 30.0 Å². The molecule has 0 radical (unpaired) electrons. The van der Waals surface area contributed by atoms with E-state index in [2.05, 4.69) is 0 Å². The van der Waals surface area contributed by atoms with Crippen molar-refractivity contribution in [3.63, 3.8) is 0 Å². The van der Waals surface area contributed by atoms with E-state index in [9.17, 15) is 9.90 Å². The molecule has 3 heteroatoms. The van der Waals surface area contributed by atoms with Crippen LogP contribution >= 0.6 is 0 Å². The van der Waals surface area contributed by atoms with Gasteiger partial charge in [-0.05, 0) is 18.1 Å². The Balaban J connectivity index is 2.18. The number of nitrogens with zero attached hydrogens (tertiary/aromatic N) is 1. The molecule has 0 bridgehead atoms. The van der Waals surface area contributed by atoms with Crippen LogP contribution in [-0.4, -0.2) is 29.6 Å². The van der Waals surface area contributed by atoms with Gasteiger partial charge in [-0.2, -0.15) is 0 Å². The normalized spacial score (nSPS) is 13.5. The summed E-state index contributed by atoms with van der Waals surface area (Å²) in [7, 11) is 1.75. The fraction of sp³-hybridized carbons (Fsp3) is 0.278. The summed E-state index contributed by atoms with van der Waals surface area (Å²) in [4.78, 5) is 14.3. The molecule has 0 unspecified atom stereocenters. The molecule has 0 saturated carbocycles. The summed E-state index contributed by atoms with van der Waals surface area (Å²) in [5.74, 6) is -0.224. The number of aliphatic hydroxyl groups is 1. The van der Waals surface area contributed by atoms with Crippen LogP contribution in [0.15, 0.2) is 60.7 Å². The first kappa shape index (κ1) is 15.3. The lowest BCUT2D eigenvalue weighted by atomic mass is 9.98. The fourth-order valence-corrected chi connectivity index (χ4v) is 2.47. The van der Waals surface area contributed by atoms with Gasteiger partial charge >= 0.3 is 0 Å². The molecule has 1 N–H and O–H groups in total. The number of hydrogen-bond donors (Lipinski definition) is 1. The highest BCUT2D eigenvalue weighted by atomic mass is 16.3. The van der Waals surface area contributed by atoms with Crippen molar-refractivity contribution < 1.29 is 9.90 Å². The number of rotatable bonds is 5. The number of hydrogen-bond acceptors (Lipinski definition) is 2. The van der Waals surface area contributed by atoms with Crippen LogP contribution in [0.4, 0.5) is 0 Å². The van der Waals surface area contributed by atoms with Crippen LogP contribution < -0.4 is 0 Å². The molecule has 21 heavy (non-hydrogen) atoms. The highest BCUT2D eigenvalue weighted by Gasteiger charge is 2.25. The summed E-state index contributed by atoms with van der Waals surface area (Å²) in [6.07, 6.45) is 0. The lowest BCUT2D eigenvalue weighted by molar-refractivity contribution is -0.134. The number of benzene rings is 2. The minimum atomic E-state index is -0.315. The molecule has 0 saturated heterocycles. The van der Waals surface area contributed by atoms with Crippen molar-refractivity contribution in [2.45, 2.75) is 18.9 Å². The molecule has 110 valence electrons. The molecule has 1 amide bonds. The third kappa shape index (κ3) is 3.50. The maximum atomic E-state index is 12.6. The molecule has 0 aromatic heterocycles. The van der Waals surface area contributed by atoms with E-state index in [0.29, 0.717) is 0 Å². The molecular weight excluding hydrogens is 262 g/mol. The Bertz CT molecular complexity index is 568. The third-order valence-corrected chi connectivity index (χ3v) is 3.84. The van der Waals surface area contributed by atoms with Gasteiger partial charge in [0.05, 0.1) is 18.6 Å². The van der Waals surface area contributed by atoms with Gasteiger partial charge in [-0.25, -0.2) is 0 Å². The SMILES string of the molecule is C[C@@H](C(=O)N(C)[C@@H](CO)c1ccccc1)c1ccccc1. The highest BCUT2D eigenvalue weighted by molar-refractivity contribution is 5.83. The second-order valence-electron chi connectivity index (χ2n) is 5.19. The van der Waals surface area contributed by atoms with Crippen LogP contribution in [0.3, 0.4) is 0 Å². The molecule has 3 nitrogen and oxygen atoms in total. The first-order valence-corrected chi connectivity index (χ1v) is 7.12. The fourth-order valence-electron chi connectivity index (χ4n) is 2.47. The Hall–Kier alpha value is -2.13. The number of aliphatic hydroxyl groups excluding tert-OH is 1. The molecule has 0 spiro atoms. The minimum absolute atomic E-state index is 0.00380. The molecule has 2 aromatic carbocycles. The lowest BCUT2D eigenvalue weighted by Crippen LogP contribution is -2.36. The van der Waals surface area contributed by atoms with Crippen LogP contribution in [0.2, 0.25) is 0 Å². The Morgan fingerprint density at radius 2 is 1.48 bits per heavy atom. The molecule has 0 aliphatic rings. The average Bonchev–Trinajstić information content (AvgIpc) is 2.56. The first-order chi connectivity index (χ1) is 10.1. The largest absolute Gasteiger partial charge is 0.394 e. The van der Waals surface area contributed by atoms with Gasteiger partial charge in [-0.15, -0.1) is 0 Å². The van der Waals surface area contributed by atoms with Crippen molar-refractivity contribution in [1.29, 1.82) is 0 Å². The predicted octanol–water partition coefficient (Wildman–Crippen LogP) is 2.98. The number of carbonyl (C=O) groups is 1.